The second kappa shape index (κ2) is 11.8. The molecule has 1 fully saturated rings. The Balaban J connectivity index is 0.000000550. The SMILES string of the molecule is F[B-](F)(F)F.OCC[S+](CCO)Cc1ccc(C2CCCCC2)cc1. The first-order chi connectivity index (χ1) is 11.8. The largest absolute Gasteiger partial charge is 0.673 e. The zero-order chi connectivity index (χ0) is 18.7. The second-order valence-corrected chi connectivity index (χ2v) is 8.51. The summed E-state index contributed by atoms with van der Waals surface area (Å²) < 4.78 is 39.0. The lowest BCUT2D eigenvalue weighted by Crippen LogP contribution is -2.19. The van der Waals surface area contributed by atoms with Gasteiger partial charge in [0.1, 0.15) is 17.3 Å². The summed E-state index contributed by atoms with van der Waals surface area (Å²) in [5.41, 5.74) is 2.84. The van der Waals surface area contributed by atoms with E-state index in [0.29, 0.717) is 0 Å². The molecule has 0 unspecified atom stereocenters. The monoisotopic (exact) mass is 382 g/mol. The minimum absolute atomic E-state index is 0.113. The second-order valence-electron chi connectivity index (χ2n) is 6.18. The summed E-state index contributed by atoms with van der Waals surface area (Å²) in [6, 6.07) is 9.09. The first-order valence-electron chi connectivity index (χ1n) is 8.65. The summed E-state index contributed by atoms with van der Waals surface area (Å²) in [4.78, 5) is 0. The molecule has 0 heterocycles. The van der Waals surface area contributed by atoms with E-state index in [9.17, 15) is 17.3 Å². The quantitative estimate of drug-likeness (QED) is 0.423. The maximum absolute atomic E-state index is 9.75. The van der Waals surface area contributed by atoms with Crippen molar-refractivity contribution in [2.45, 2.75) is 43.8 Å². The first-order valence-corrected chi connectivity index (χ1v) is 10.4. The van der Waals surface area contributed by atoms with Gasteiger partial charge in [-0.15, -0.1) is 0 Å². The van der Waals surface area contributed by atoms with E-state index in [1.54, 1.807) is 0 Å². The molecular formula is C17H27BF4O2S. The topological polar surface area (TPSA) is 40.5 Å². The van der Waals surface area contributed by atoms with Crippen molar-refractivity contribution in [3.8, 4) is 0 Å². The number of halogens is 4. The molecular weight excluding hydrogens is 355 g/mol. The molecule has 2 nitrogen and oxygen atoms in total. The van der Waals surface area contributed by atoms with Crippen LogP contribution in [-0.4, -0.2) is 42.2 Å². The fraction of sp³-hybridized carbons (Fsp3) is 0.647. The van der Waals surface area contributed by atoms with E-state index in [1.165, 1.54) is 43.2 Å². The van der Waals surface area contributed by atoms with Crippen molar-refractivity contribution >= 4 is 18.1 Å². The lowest BCUT2D eigenvalue weighted by molar-refractivity contribution is 0.316. The predicted molar refractivity (Wildman–Crippen MR) is 97.4 cm³/mol. The molecule has 0 radical (unpaired) electrons. The van der Waals surface area contributed by atoms with Crippen LogP contribution in [0.5, 0.6) is 0 Å². The maximum atomic E-state index is 9.75. The van der Waals surface area contributed by atoms with E-state index >= 15 is 0 Å². The Morgan fingerprint density at radius 2 is 1.36 bits per heavy atom. The molecule has 0 aliphatic heterocycles. The predicted octanol–water partition coefficient (Wildman–Crippen LogP) is 4.14. The highest BCUT2D eigenvalue weighted by Crippen LogP contribution is 2.32. The Hall–Kier alpha value is -0.725. The third kappa shape index (κ3) is 10.8. The maximum Gasteiger partial charge on any atom is 0.673 e. The van der Waals surface area contributed by atoms with Crippen molar-refractivity contribution in [3.05, 3.63) is 35.4 Å². The number of hydrogen-bond acceptors (Lipinski definition) is 2. The van der Waals surface area contributed by atoms with E-state index in [4.69, 9.17) is 10.2 Å². The fourth-order valence-electron chi connectivity index (χ4n) is 3.06. The van der Waals surface area contributed by atoms with E-state index in [1.807, 2.05) is 0 Å². The van der Waals surface area contributed by atoms with Crippen LogP contribution in [0.2, 0.25) is 0 Å². The van der Waals surface area contributed by atoms with Crippen molar-refractivity contribution in [2.75, 3.05) is 24.7 Å². The normalized spacial score (nSPS) is 15.8. The molecule has 0 aromatic heterocycles. The van der Waals surface area contributed by atoms with Gasteiger partial charge in [-0.3, -0.25) is 0 Å². The van der Waals surface area contributed by atoms with Gasteiger partial charge in [0.15, 0.2) is 0 Å². The van der Waals surface area contributed by atoms with Crippen LogP contribution in [0.3, 0.4) is 0 Å². The average molecular weight is 382 g/mol. The highest BCUT2D eigenvalue weighted by molar-refractivity contribution is 7.96. The smallest absolute Gasteiger partial charge is 0.418 e. The van der Waals surface area contributed by atoms with Gasteiger partial charge in [0.25, 0.3) is 0 Å². The number of benzene rings is 1. The van der Waals surface area contributed by atoms with Crippen molar-refractivity contribution in [1.29, 1.82) is 0 Å². The first kappa shape index (κ1) is 22.3. The van der Waals surface area contributed by atoms with Gasteiger partial charge in [-0.25, -0.2) is 0 Å². The summed E-state index contributed by atoms with van der Waals surface area (Å²) >= 11 is 0. The van der Waals surface area contributed by atoms with Gasteiger partial charge in [0.05, 0.1) is 13.2 Å². The van der Waals surface area contributed by atoms with Crippen LogP contribution >= 0.6 is 0 Å². The third-order valence-electron chi connectivity index (χ3n) is 4.19. The molecule has 1 aliphatic carbocycles. The lowest BCUT2D eigenvalue weighted by Gasteiger charge is -2.22. The van der Waals surface area contributed by atoms with Crippen LogP contribution in [0, 0.1) is 0 Å². The number of aliphatic hydroxyl groups is 2. The molecule has 2 N–H and O–H groups in total. The molecule has 25 heavy (non-hydrogen) atoms. The number of aliphatic hydroxyl groups excluding tert-OH is 2. The molecule has 0 bridgehead atoms. The fourth-order valence-corrected chi connectivity index (χ4v) is 4.74. The van der Waals surface area contributed by atoms with Gasteiger partial charge >= 0.3 is 7.25 Å². The molecule has 2 rings (SSSR count). The molecule has 8 heteroatoms. The standard InChI is InChI=1S/C17H27O2S.BF4/c18-10-12-20(13-11-19)14-15-6-8-17(9-7-15)16-4-2-1-3-5-16;2-1(3,4)5/h6-9,16,18-19H,1-5,10-14H2;/q+1;-1. The molecule has 0 amide bonds. The lowest BCUT2D eigenvalue weighted by atomic mass is 9.84. The van der Waals surface area contributed by atoms with Gasteiger partial charge in [-0.2, -0.15) is 0 Å². The van der Waals surface area contributed by atoms with Crippen molar-refractivity contribution in [3.63, 3.8) is 0 Å². The van der Waals surface area contributed by atoms with Crippen LogP contribution in [0.4, 0.5) is 17.3 Å². The third-order valence-corrected chi connectivity index (χ3v) is 6.45. The number of hydrogen-bond donors (Lipinski definition) is 2. The molecule has 0 spiro atoms. The van der Waals surface area contributed by atoms with Crippen LogP contribution in [0.25, 0.3) is 0 Å². The average Bonchev–Trinajstić information content (AvgIpc) is 2.55. The zero-order valence-electron chi connectivity index (χ0n) is 14.3. The molecule has 0 saturated heterocycles. The summed E-state index contributed by atoms with van der Waals surface area (Å²) in [6.07, 6.45) is 6.85. The van der Waals surface area contributed by atoms with Gasteiger partial charge in [-0.1, -0.05) is 43.5 Å². The summed E-state index contributed by atoms with van der Waals surface area (Å²) in [5.74, 6) is 3.38. The Morgan fingerprint density at radius 1 is 0.880 bits per heavy atom. The Labute approximate surface area is 150 Å². The van der Waals surface area contributed by atoms with Gasteiger partial charge in [0, 0.05) is 5.56 Å². The Kier molecular flexibility index (Phi) is 10.5. The molecule has 1 aromatic rings. The number of rotatable bonds is 7. The van der Waals surface area contributed by atoms with Gasteiger partial charge < -0.3 is 27.5 Å². The molecule has 1 saturated carbocycles. The Bertz CT molecular complexity index is 453. The summed E-state index contributed by atoms with van der Waals surface area (Å²) in [6.45, 7) is 0.451. The molecule has 0 atom stereocenters. The molecule has 1 aromatic carbocycles. The van der Waals surface area contributed by atoms with Crippen molar-refractivity contribution in [1.82, 2.24) is 0 Å². The van der Waals surface area contributed by atoms with Crippen LogP contribution < -0.4 is 0 Å². The van der Waals surface area contributed by atoms with E-state index in [0.717, 1.165) is 23.2 Å². The zero-order valence-corrected chi connectivity index (χ0v) is 15.2. The van der Waals surface area contributed by atoms with Crippen LogP contribution in [0.1, 0.15) is 49.1 Å². The van der Waals surface area contributed by atoms with Crippen molar-refractivity contribution < 1.29 is 27.5 Å². The minimum Gasteiger partial charge on any atom is -0.418 e. The van der Waals surface area contributed by atoms with E-state index in [2.05, 4.69) is 24.3 Å². The Morgan fingerprint density at radius 3 is 1.80 bits per heavy atom. The summed E-state index contributed by atoms with van der Waals surface area (Å²) in [5, 5.41) is 18.2. The van der Waals surface area contributed by atoms with Gasteiger partial charge in [-0.05, 0) is 35.2 Å². The van der Waals surface area contributed by atoms with E-state index in [-0.39, 0.29) is 24.1 Å². The molecule has 1 aliphatic rings. The molecule has 144 valence electrons. The summed E-state index contributed by atoms with van der Waals surface area (Å²) in [7, 11) is -5.89. The van der Waals surface area contributed by atoms with Crippen LogP contribution in [-0.2, 0) is 16.6 Å². The highest BCUT2D eigenvalue weighted by Gasteiger charge is 2.21. The minimum atomic E-state index is -6.00. The van der Waals surface area contributed by atoms with Crippen LogP contribution in [0.15, 0.2) is 24.3 Å². The highest BCUT2D eigenvalue weighted by atomic mass is 32.2. The van der Waals surface area contributed by atoms with Gasteiger partial charge in [0.2, 0.25) is 0 Å². The van der Waals surface area contributed by atoms with E-state index < -0.39 is 7.25 Å². The van der Waals surface area contributed by atoms with Crippen molar-refractivity contribution in [2.24, 2.45) is 0 Å².